The summed E-state index contributed by atoms with van der Waals surface area (Å²) in [5, 5.41) is 0. The maximum absolute atomic E-state index is 12.2. The van der Waals surface area contributed by atoms with E-state index in [9.17, 15) is 14.4 Å². The number of esters is 1. The SMILES string of the molecule is CC1=CC(=O)[C@@H](C(=O)/C=C/c2cccc(OCc3ccccc3)c2)C(=O)O1. The fourth-order valence-corrected chi connectivity index (χ4v) is 2.63. The standard InChI is InChI=1S/C22H18O5/c1-15-12-20(24)21(22(25)27-15)19(23)11-10-16-8-5-9-18(13-16)26-14-17-6-3-2-4-7-17/h2-13,21H,14H2,1H3/b11-10+/t21-/m1/s1. The minimum atomic E-state index is -1.43. The molecule has 0 spiro atoms. The van der Waals surface area contributed by atoms with Gasteiger partial charge in [0.1, 0.15) is 18.1 Å². The fraction of sp³-hybridized carbons (Fsp3) is 0.136. The van der Waals surface area contributed by atoms with Crippen molar-refractivity contribution in [3.8, 4) is 5.75 Å². The van der Waals surface area contributed by atoms with Crippen molar-refractivity contribution in [2.75, 3.05) is 0 Å². The number of ketones is 2. The summed E-state index contributed by atoms with van der Waals surface area (Å²) in [7, 11) is 0. The van der Waals surface area contributed by atoms with Gasteiger partial charge in [-0.25, -0.2) is 0 Å². The van der Waals surface area contributed by atoms with Crippen molar-refractivity contribution in [3.63, 3.8) is 0 Å². The van der Waals surface area contributed by atoms with Crippen LogP contribution in [0.4, 0.5) is 0 Å². The van der Waals surface area contributed by atoms with Crippen molar-refractivity contribution >= 4 is 23.6 Å². The van der Waals surface area contributed by atoms with E-state index in [0.717, 1.165) is 17.2 Å². The molecule has 2 aromatic rings. The minimum Gasteiger partial charge on any atom is -0.489 e. The van der Waals surface area contributed by atoms with Crippen molar-refractivity contribution in [1.29, 1.82) is 0 Å². The first-order chi connectivity index (χ1) is 13.0. The average molecular weight is 362 g/mol. The lowest BCUT2D eigenvalue weighted by Crippen LogP contribution is -2.34. The number of hydrogen-bond donors (Lipinski definition) is 0. The molecule has 27 heavy (non-hydrogen) atoms. The third-order valence-electron chi connectivity index (χ3n) is 3.96. The third kappa shape index (κ3) is 4.79. The van der Waals surface area contributed by atoms with Crippen LogP contribution in [0.3, 0.4) is 0 Å². The van der Waals surface area contributed by atoms with Crippen LogP contribution in [0.2, 0.25) is 0 Å². The highest BCUT2D eigenvalue weighted by molar-refractivity contribution is 6.25. The van der Waals surface area contributed by atoms with Crippen molar-refractivity contribution < 1.29 is 23.9 Å². The maximum Gasteiger partial charge on any atom is 0.329 e. The lowest BCUT2D eigenvalue weighted by molar-refractivity contribution is -0.151. The summed E-state index contributed by atoms with van der Waals surface area (Å²) >= 11 is 0. The molecule has 1 heterocycles. The number of ether oxygens (including phenoxy) is 2. The highest BCUT2D eigenvalue weighted by Gasteiger charge is 2.36. The minimum absolute atomic E-state index is 0.196. The summed E-state index contributed by atoms with van der Waals surface area (Å²) in [6.07, 6.45) is 3.92. The van der Waals surface area contributed by atoms with Gasteiger partial charge in [0.2, 0.25) is 0 Å². The summed E-state index contributed by atoms with van der Waals surface area (Å²) < 4.78 is 10.6. The van der Waals surface area contributed by atoms with E-state index < -0.39 is 23.5 Å². The van der Waals surface area contributed by atoms with E-state index in [0.29, 0.717) is 12.4 Å². The van der Waals surface area contributed by atoms with Gasteiger partial charge in [0.15, 0.2) is 17.5 Å². The number of benzene rings is 2. The zero-order valence-electron chi connectivity index (χ0n) is 14.8. The zero-order chi connectivity index (χ0) is 19.2. The van der Waals surface area contributed by atoms with E-state index in [-0.39, 0.29) is 5.76 Å². The molecule has 0 bridgehead atoms. The maximum atomic E-state index is 12.2. The predicted octanol–water partition coefficient (Wildman–Crippen LogP) is 3.49. The second-order valence-corrected chi connectivity index (χ2v) is 6.09. The lowest BCUT2D eigenvalue weighted by atomic mass is 9.96. The molecular formula is C22H18O5. The Hall–Kier alpha value is -3.47. The van der Waals surface area contributed by atoms with E-state index in [1.807, 2.05) is 36.4 Å². The van der Waals surface area contributed by atoms with Gasteiger partial charge in [-0.05, 0) is 36.3 Å². The molecular weight excluding hydrogens is 344 g/mol. The Kier molecular flexibility index (Phi) is 5.61. The van der Waals surface area contributed by atoms with E-state index in [1.165, 1.54) is 13.0 Å². The second kappa shape index (κ2) is 8.27. The quantitative estimate of drug-likeness (QED) is 0.447. The van der Waals surface area contributed by atoms with Gasteiger partial charge >= 0.3 is 5.97 Å². The molecule has 2 aromatic carbocycles. The van der Waals surface area contributed by atoms with Crippen LogP contribution < -0.4 is 4.74 Å². The van der Waals surface area contributed by atoms with Crippen LogP contribution >= 0.6 is 0 Å². The Labute approximate surface area is 156 Å². The monoisotopic (exact) mass is 362 g/mol. The Morgan fingerprint density at radius 1 is 1.11 bits per heavy atom. The van der Waals surface area contributed by atoms with Crippen LogP contribution in [0.25, 0.3) is 6.08 Å². The Morgan fingerprint density at radius 3 is 2.63 bits per heavy atom. The highest BCUT2D eigenvalue weighted by Crippen LogP contribution is 2.19. The van der Waals surface area contributed by atoms with E-state index in [4.69, 9.17) is 9.47 Å². The van der Waals surface area contributed by atoms with Crippen LogP contribution in [0, 0.1) is 5.92 Å². The molecule has 0 unspecified atom stereocenters. The van der Waals surface area contributed by atoms with Crippen molar-refractivity contribution in [3.05, 3.63) is 83.6 Å². The van der Waals surface area contributed by atoms with Crippen molar-refractivity contribution in [2.24, 2.45) is 5.92 Å². The Bertz CT molecular complexity index is 925. The first kappa shape index (κ1) is 18.3. The number of rotatable bonds is 6. The Morgan fingerprint density at radius 2 is 1.89 bits per heavy atom. The van der Waals surface area contributed by atoms with Crippen molar-refractivity contribution in [1.82, 2.24) is 0 Å². The summed E-state index contributed by atoms with van der Waals surface area (Å²) in [4.78, 5) is 35.9. The fourth-order valence-electron chi connectivity index (χ4n) is 2.63. The van der Waals surface area contributed by atoms with Gasteiger partial charge in [-0.3, -0.25) is 14.4 Å². The molecule has 0 fully saturated rings. The molecule has 136 valence electrons. The van der Waals surface area contributed by atoms with Crippen LogP contribution in [-0.2, 0) is 25.7 Å². The molecule has 0 radical (unpaired) electrons. The molecule has 5 nitrogen and oxygen atoms in total. The normalized spacial score (nSPS) is 16.8. The van der Waals surface area contributed by atoms with Gasteiger partial charge in [-0.1, -0.05) is 48.5 Å². The number of carbonyl (C=O) groups excluding carboxylic acids is 3. The van der Waals surface area contributed by atoms with Crippen molar-refractivity contribution in [2.45, 2.75) is 13.5 Å². The molecule has 1 aliphatic heterocycles. The van der Waals surface area contributed by atoms with Crippen LogP contribution in [0.1, 0.15) is 18.1 Å². The van der Waals surface area contributed by atoms with Crippen LogP contribution in [0.5, 0.6) is 5.75 Å². The molecule has 0 saturated carbocycles. The molecule has 3 rings (SSSR count). The molecule has 0 aromatic heterocycles. The number of cyclic esters (lactones) is 1. The van der Waals surface area contributed by atoms with Crippen LogP contribution in [-0.4, -0.2) is 17.5 Å². The van der Waals surface area contributed by atoms with E-state index in [1.54, 1.807) is 24.3 Å². The molecule has 0 saturated heterocycles. The average Bonchev–Trinajstić information content (AvgIpc) is 2.65. The first-order valence-electron chi connectivity index (χ1n) is 8.45. The summed E-state index contributed by atoms with van der Waals surface area (Å²) in [6.45, 7) is 1.92. The largest absolute Gasteiger partial charge is 0.489 e. The van der Waals surface area contributed by atoms with Gasteiger partial charge in [-0.15, -0.1) is 0 Å². The van der Waals surface area contributed by atoms with Gasteiger partial charge in [0, 0.05) is 6.08 Å². The van der Waals surface area contributed by atoms with Gasteiger partial charge in [-0.2, -0.15) is 0 Å². The highest BCUT2D eigenvalue weighted by atomic mass is 16.5. The molecule has 0 aliphatic carbocycles. The molecule has 0 N–H and O–H groups in total. The van der Waals surface area contributed by atoms with Gasteiger partial charge < -0.3 is 9.47 Å². The summed E-state index contributed by atoms with van der Waals surface area (Å²) in [5.41, 5.74) is 1.77. The smallest absolute Gasteiger partial charge is 0.329 e. The summed E-state index contributed by atoms with van der Waals surface area (Å²) in [5.74, 6) is -2.58. The second-order valence-electron chi connectivity index (χ2n) is 6.09. The lowest BCUT2D eigenvalue weighted by Gasteiger charge is -2.15. The number of hydrogen-bond acceptors (Lipinski definition) is 5. The predicted molar refractivity (Wildman–Crippen MR) is 99.6 cm³/mol. The van der Waals surface area contributed by atoms with Gasteiger partial charge in [0.05, 0.1) is 0 Å². The molecule has 1 atom stereocenters. The molecule has 1 aliphatic rings. The topological polar surface area (TPSA) is 69.7 Å². The molecule has 0 amide bonds. The van der Waals surface area contributed by atoms with Gasteiger partial charge in [0.25, 0.3) is 0 Å². The van der Waals surface area contributed by atoms with E-state index >= 15 is 0 Å². The number of carbonyl (C=O) groups is 3. The number of allylic oxidation sites excluding steroid dienone is 3. The Balaban J connectivity index is 1.66. The summed E-state index contributed by atoms with van der Waals surface area (Å²) in [6, 6.07) is 17.0. The van der Waals surface area contributed by atoms with E-state index in [2.05, 4.69) is 0 Å². The van der Waals surface area contributed by atoms with Crippen LogP contribution in [0.15, 0.2) is 72.5 Å². The first-order valence-corrected chi connectivity index (χ1v) is 8.45. The third-order valence-corrected chi connectivity index (χ3v) is 3.96. The zero-order valence-corrected chi connectivity index (χ0v) is 14.8. The molecule has 5 heteroatoms.